The average Bonchev–Trinajstić information content (AvgIpc) is 1.21. The fraction of sp³-hybridized carbons (Fsp3) is 0.562. The Kier molecular flexibility index (Phi) is 32.8. The predicted octanol–water partition coefficient (Wildman–Crippen LogP) is 0.741. The first-order chi connectivity index (χ1) is 54.4. The SMILES string of the molecule is N#C[C@@H]1CC(F)(F)CN1C(=O)CNC(=O)c1ccnc2ccc(OCCCCNC(=O)N3CCN(CC(=O)O)CCN(C(=O)NCCCCOc4ccc5nccc(C(=O)NCC(=O)N6CC(F)(F)C[C@H]6C#N)c5c4)CCN(C(=O)CCC(C(=O)O)N4CCN(CC(=O)O)CCN(CC(=O)O)CCN(CC(=O)O)CC4)CC3)cc12. The standard InChI is InChI=1S/C73H94F4N18O19/c74-72(75)37-49(39-78)94(47-72)61(97)41-84-67(107)53-11-15-80-57-7-5-51(35-55(53)57)113-33-3-1-13-82-70(111)92-27-23-89(46-66(105)106)24-28-93(71(112)83-14-2-4-34-114-52-6-8-58-56(36-52)54(12-16-81-58)68(108)85-42-62(98)95-48-73(76,77)38-50(95)40-79)32-30-91(29-31-92)60(96)10-9-59(69(109)110)90-25-21-87(44-64(101)102)19-17-86(43-63(99)100)18-20-88(22-26-90)45-65(103)104/h5-8,11-12,15-16,35-36,49-50,59H,1-4,9-10,13-14,17-34,37-38,41-48H2,(H,82,111)(H,83,112)(H,84,107)(H,85,108)(H,99,100)(H,101,102)(H,103,104)(H,105,106)(H,109,110)/t49-,50-,59?/m0/s1. The summed E-state index contributed by atoms with van der Waals surface area (Å²) in [5, 5.41) is 80.2. The Bertz CT molecular complexity index is 3970. The lowest BCUT2D eigenvalue weighted by Gasteiger charge is -2.36. The summed E-state index contributed by atoms with van der Waals surface area (Å²) in [5.74, 6) is -15.7. The monoisotopic (exact) mass is 1600 g/mol. The number of unbranched alkanes of at least 4 members (excludes halogenated alkanes) is 2. The number of carboxylic acids is 5. The van der Waals surface area contributed by atoms with Crippen LogP contribution in [0.1, 0.15) is 72.1 Å². The van der Waals surface area contributed by atoms with Crippen molar-refractivity contribution in [3.63, 3.8) is 0 Å². The molecule has 4 aliphatic heterocycles. The quantitative estimate of drug-likeness (QED) is 0.0248. The van der Waals surface area contributed by atoms with Gasteiger partial charge in [-0.05, 0) is 80.6 Å². The smallest absolute Gasteiger partial charge is 0.320 e. The number of ether oxygens (including phenoxy) is 2. The van der Waals surface area contributed by atoms with E-state index in [1.165, 1.54) is 53.9 Å². The Labute approximate surface area is 652 Å². The second kappa shape index (κ2) is 42.5. The average molecular weight is 1600 g/mol. The van der Waals surface area contributed by atoms with Crippen LogP contribution in [0.25, 0.3) is 21.8 Å². The number of carboxylic acid groups (broad SMARTS) is 5. The summed E-state index contributed by atoms with van der Waals surface area (Å²) in [5.41, 5.74) is 0.985. The van der Waals surface area contributed by atoms with Gasteiger partial charge in [0.15, 0.2) is 0 Å². The zero-order chi connectivity index (χ0) is 82.7. The lowest BCUT2D eigenvalue weighted by molar-refractivity contribution is -0.145. The molecule has 0 saturated carbocycles. The van der Waals surface area contributed by atoms with Crippen LogP contribution in [0.4, 0.5) is 27.2 Å². The molecular weight excluding hydrogens is 1510 g/mol. The van der Waals surface area contributed by atoms with E-state index in [0.717, 1.165) is 9.80 Å². The summed E-state index contributed by atoms with van der Waals surface area (Å²) in [4.78, 5) is 179. The second-order valence-electron chi connectivity index (χ2n) is 27.9. The van der Waals surface area contributed by atoms with Gasteiger partial charge in [0.2, 0.25) is 17.7 Å². The minimum atomic E-state index is -3.25. The molecule has 0 radical (unpaired) electrons. The number of nitrogens with zero attached hydrogens (tertiary/aromatic N) is 14. The fourth-order valence-electron chi connectivity index (χ4n) is 13.6. The Morgan fingerprint density at radius 3 is 1.20 bits per heavy atom. The molecule has 8 rings (SSSR count). The van der Waals surface area contributed by atoms with Crippen LogP contribution in [0, 0.1) is 22.7 Å². The Morgan fingerprint density at radius 2 is 0.833 bits per heavy atom. The largest absolute Gasteiger partial charge is 0.494 e. The minimum absolute atomic E-state index is 0.0194. The zero-order valence-electron chi connectivity index (χ0n) is 62.7. The molecule has 9 N–H and O–H groups in total. The van der Waals surface area contributed by atoms with Gasteiger partial charge in [0, 0.05) is 160 Å². The molecule has 4 aromatic rings. The van der Waals surface area contributed by atoms with Gasteiger partial charge in [0.1, 0.15) is 29.6 Å². The van der Waals surface area contributed by atoms with E-state index >= 15 is 0 Å². The molecule has 4 fully saturated rings. The van der Waals surface area contributed by atoms with Gasteiger partial charge >= 0.3 is 41.9 Å². The molecule has 4 aliphatic rings. The maximum Gasteiger partial charge on any atom is 0.320 e. The first-order valence-corrected chi connectivity index (χ1v) is 37.2. The highest BCUT2D eigenvalue weighted by atomic mass is 19.3. The lowest BCUT2D eigenvalue weighted by Crippen LogP contribution is -2.53. The summed E-state index contributed by atoms with van der Waals surface area (Å²) < 4.78 is 68.2. The summed E-state index contributed by atoms with van der Waals surface area (Å²) in [6, 6.07) is 10.5. The molecular formula is C73H94F4N18O19. The molecule has 1 unspecified atom stereocenters. The molecule has 37 nitrogen and oxygen atoms in total. The summed E-state index contributed by atoms with van der Waals surface area (Å²) >= 11 is 0. The molecule has 2 aromatic heterocycles. The lowest BCUT2D eigenvalue weighted by atomic mass is 10.1. The van der Waals surface area contributed by atoms with E-state index in [1.807, 2.05) is 0 Å². The van der Waals surface area contributed by atoms with E-state index in [4.69, 9.17) is 9.47 Å². The number of benzene rings is 2. The van der Waals surface area contributed by atoms with Gasteiger partial charge in [0.25, 0.3) is 23.7 Å². The number of nitrogens with one attached hydrogen (secondary N) is 4. The van der Waals surface area contributed by atoms with Gasteiger partial charge in [-0.2, -0.15) is 10.5 Å². The van der Waals surface area contributed by atoms with E-state index in [1.54, 1.807) is 58.3 Å². The normalized spacial score (nSPS) is 18.8. The third-order valence-electron chi connectivity index (χ3n) is 19.7. The highest BCUT2D eigenvalue weighted by molar-refractivity contribution is 6.08. The molecule has 3 atom stereocenters. The van der Waals surface area contributed by atoms with E-state index in [9.17, 15) is 111 Å². The van der Waals surface area contributed by atoms with Crippen molar-refractivity contribution in [2.45, 2.75) is 81.3 Å². The van der Waals surface area contributed by atoms with E-state index in [0.29, 0.717) is 59.0 Å². The van der Waals surface area contributed by atoms with Crippen LogP contribution in [-0.4, -0.2) is 369 Å². The van der Waals surface area contributed by atoms with Crippen molar-refractivity contribution in [2.24, 2.45) is 0 Å². The predicted molar refractivity (Wildman–Crippen MR) is 394 cm³/mol. The number of carbonyl (C=O) groups excluding carboxylic acids is 7. The molecule has 4 saturated heterocycles. The maximum absolute atomic E-state index is 14.8. The Hall–Kier alpha value is -11.4. The van der Waals surface area contributed by atoms with Gasteiger partial charge in [-0.3, -0.25) is 82.4 Å². The van der Waals surface area contributed by atoms with Gasteiger partial charge in [0.05, 0.1) is 99.9 Å². The highest BCUT2D eigenvalue weighted by Gasteiger charge is 2.48. The number of amides is 9. The first-order valence-electron chi connectivity index (χ1n) is 37.2. The van der Waals surface area contributed by atoms with Crippen molar-refractivity contribution in [3.05, 3.63) is 72.1 Å². The third-order valence-corrected chi connectivity index (χ3v) is 19.7. The summed E-state index contributed by atoms with van der Waals surface area (Å²) in [6.45, 7) is -5.37. The van der Waals surface area contributed by atoms with E-state index in [-0.39, 0.29) is 149 Å². The molecule has 0 bridgehead atoms. The van der Waals surface area contributed by atoms with Crippen LogP contribution in [0.15, 0.2) is 60.9 Å². The van der Waals surface area contributed by atoms with Gasteiger partial charge < -0.3 is 80.8 Å². The number of urea groups is 2. The fourth-order valence-corrected chi connectivity index (χ4v) is 13.6. The molecule has 41 heteroatoms. The maximum atomic E-state index is 14.8. The number of aliphatic carboxylic acids is 5. The number of rotatable bonds is 31. The minimum Gasteiger partial charge on any atom is -0.494 e. The number of nitriles is 2. The van der Waals surface area contributed by atoms with Crippen molar-refractivity contribution < 1.29 is 110 Å². The first kappa shape index (κ1) is 88.2. The van der Waals surface area contributed by atoms with Crippen molar-refractivity contribution in [1.82, 2.24) is 80.2 Å². The van der Waals surface area contributed by atoms with Gasteiger partial charge in [-0.15, -0.1) is 0 Å². The van der Waals surface area contributed by atoms with Crippen molar-refractivity contribution in [3.8, 4) is 23.6 Å². The van der Waals surface area contributed by atoms with Gasteiger partial charge in [-0.1, -0.05) is 0 Å². The Morgan fingerprint density at radius 1 is 0.474 bits per heavy atom. The number of aromatic nitrogens is 2. The van der Waals surface area contributed by atoms with Crippen LogP contribution in [0.3, 0.4) is 0 Å². The molecule has 2 aromatic carbocycles. The molecule has 0 aliphatic carbocycles. The van der Waals surface area contributed by atoms with Crippen LogP contribution >= 0.6 is 0 Å². The zero-order valence-corrected chi connectivity index (χ0v) is 62.7. The summed E-state index contributed by atoms with van der Waals surface area (Å²) in [7, 11) is 0. The molecule has 114 heavy (non-hydrogen) atoms. The highest BCUT2D eigenvalue weighted by Crippen LogP contribution is 2.33. The van der Waals surface area contributed by atoms with Crippen LogP contribution in [0.5, 0.6) is 11.5 Å². The Balaban J connectivity index is 0.914. The molecule has 0 spiro atoms. The summed E-state index contributed by atoms with van der Waals surface area (Å²) in [6.07, 6.45) is 1.87. The topological polar surface area (TPSA) is 478 Å². The number of likely N-dealkylation sites (tertiary alicyclic amines) is 2. The van der Waals surface area contributed by atoms with Crippen molar-refractivity contribution in [1.29, 1.82) is 10.5 Å². The molecule has 618 valence electrons. The second-order valence-corrected chi connectivity index (χ2v) is 27.9. The van der Waals surface area contributed by atoms with Crippen molar-refractivity contribution in [2.75, 3.05) is 183 Å². The van der Waals surface area contributed by atoms with E-state index in [2.05, 4.69) is 31.2 Å². The van der Waals surface area contributed by atoms with Crippen LogP contribution in [0.2, 0.25) is 0 Å². The number of halogens is 4. The van der Waals surface area contributed by atoms with Crippen LogP contribution < -0.4 is 30.7 Å². The number of hydrogen-bond acceptors (Lipinski definition) is 23. The van der Waals surface area contributed by atoms with Crippen LogP contribution in [-0.2, 0) is 38.4 Å². The van der Waals surface area contributed by atoms with E-state index < -0.39 is 173 Å². The third kappa shape index (κ3) is 27.2. The molecule has 6 heterocycles. The number of hydrogen-bond donors (Lipinski definition) is 9. The molecule has 9 amide bonds. The number of pyridine rings is 2. The van der Waals surface area contributed by atoms with Gasteiger partial charge in [-0.25, -0.2) is 27.2 Å². The number of fused-ring (bicyclic) bond motifs is 2. The number of alkyl halides is 4. The van der Waals surface area contributed by atoms with Crippen molar-refractivity contribution >= 4 is 93.3 Å². The number of carbonyl (C=O) groups is 12.